The molecule has 1 heterocycles. The molecule has 0 aliphatic carbocycles. The maximum absolute atomic E-state index is 13.9. The minimum atomic E-state index is -0.555. The van der Waals surface area contributed by atoms with E-state index in [9.17, 15) is 14.0 Å². The molecular weight excluding hydrogens is 372 g/mol. The SMILES string of the molecule is O=C1S/C(=C/c2cccc(Cl)c2)C(=O)N1Cc1c(F)cccc1Cl. The number of hydrogen-bond acceptors (Lipinski definition) is 3. The fraction of sp³-hybridized carbons (Fsp3) is 0.0588. The van der Waals surface area contributed by atoms with Crippen LogP contribution in [0.5, 0.6) is 0 Å². The Hall–Kier alpha value is -1.82. The van der Waals surface area contributed by atoms with Gasteiger partial charge in [-0.05, 0) is 47.7 Å². The van der Waals surface area contributed by atoms with Gasteiger partial charge in [0.2, 0.25) is 0 Å². The van der Waals surface area contributed by atoms with E-state index in [0.29, 0.717) is 10.6 Å². The highest BCUT2D eigenvalue weighted by Gasteiger charge is 2.35. The van der Waals surface area contributed by atoms with E-state index in [1.54, 1.807) is 30.3 Å². The van der Waals surface area contributed by atoms with Crippen molar-refractivity contribution < 1.29 is 14.0 Å². The van der Waals surface area contributed by atoms with Crippen molar-refractivity contribution >= 4 is 52.2 Å². The van der Waals surface area contributed by atoms with Crippen LogP contribution in [0.3, 0.4) is 0 Å². The Balaban J connectivity index is 1.87. The van der Waals surface area contributed by atoms with E-state index >= 15 is 0 Å². The highest BCUT2D eigenvalue weighted by molar-refractivity contribution is 8.18. The van der Waals surface area contributed by atoms with Crippen molar-refractivity contribution in [1.82, 2.24) is 4.90 Å². The molecule has 1 aliphatic heterocycles. The van der Waals surface area contributed by atoms with Crippen LogP contribution in [0.2, 0.25) is 10.0 Å². The first-order valence-electron chi connectivity index (χ1n) is 6.89. The van der Waals surface area contributed by atoms with Crippen LogP contribution in [0, 0.1) is 5.82 Å². The number of imide groups is 1. The summed E-state index contributed by atoms with van der Waals surface area (Å²) in [5.74, 6) is -1.04. The molecule has 1 saturated heterocycles. The standard InChI is InChI=1S/C17H10Cl2FNO2S/c18-11-4-1-3-10(7-11)8-15-16(22)21(17(23)24-15)9-12-13(19)5-2-6-14(12)20/h1-8H,9H2/b15-8+. The summed E-state index contributed by atoms with van der Waals surface area (Å²) >= 11 is 12.7. The second-order valence-electron chi connectivity index (χ2n) is 5.02. The van der Waals surface area contributed by atoms with Crippen molar-refractivity contribution in [3.05, 3.63) is 74.4 Å². The third kappa shape index (κ3) is 3.48. The van der Waals surface area contributed by atoms with Crippen LogP contribution in [0.4, 0.5) is 9.18 Å². The van der Waals surface area contributed by atoms with E-state index in [4.69, 9.17) is 23.2 Å². The van der Waals surface area contributed by atoms with Crippen molar-refractivity contribution in [2.45, 2.75) is 6.54 Å². The summed E-state index contributed by atoms with van der Waals surface area (Å²) in [6.45, 7) is -0.205. The van der Waals surface area contributed by atoms with Gasteiger partial charge in [0.05, 0.1) is 11.4 Å². The van der Waals surface area contributed by atoms with Crippen LogP contribution in [0.25, 0.3) is 6.08 Å². The molecule has 2 aromatic carbocycles. The lowest BCUT2D eigenvalue weighted by molar-refractivity contribution is -0.123. The zero-order valence-electron chi connectivity index (χ0n) is 12.1. The van der Waals surface area contributed by atoms with E-state index in [1.165, 1.54) is 18.2 Å². The van der Waals surface area contributed by atoms with Gasteiger partial charge >= 0.3 is 0 Å². The third-order valence-corrected chi connectivity index (χ3v) is 4.89. The van der Waals surface area contributed by atoms with Crippen molar-refractivity contribution in [3.8, 4) is 0 Å². The van der Waals surface area contributed by atoms with Gasteiger partial charge in [0.1, 0.15) is 5.82 Å². The number of thioether (sulfide) groups is 1. The van der Waals surface area contributed by atoms with Gasteiger partial charge in [-0.1, -0.05) is 41.4 Å². The van der Waals surface area contributed by atoms with Gasteiger partial charge in [0, 0.05) is 15.6 Å². The van der Waals surface area contributed by atoms with Gasteiger partial charge < -0.3 is 0 Å². The Morgan fingerprint density at radius 3 is 2.58 bits per heavy atom. The predicted molar refractivity (Wildman–Crippen MR) is 94.4 cm³/mol. The lowest BCUT2D eigenvalue weighted by Crippen LogP contribution is -2.28. The maximum atomic E-state index is 13.9. The number of rotatable bonds is 3. The fourth-order valence-electron chi connectivity index (χ4n) is 2.23. The first kappa shape index (κ1) is 17.0. The molecule has 0 spiro atoms. The predicted octanol–water partition coefficient (Wildman–Crippen LogP) is 5.37. The largest absolute Gasteiger partial charge is 0.293 e. The zero-order valence-corrected chi connectivity index (χ0v) is 14.5. The highest BCUT2D eigenvalue weighted by atomic mass is 35.5. The molecule has 1 fully saturated rings. The normalized spacial score (nSPS) is 16.3. The molecule has 0 radical (unpaired) electrons. The summed E-state index contributed by atoms with van der Waals surface area (Å²) in [5, 5.41) is 0.238. The molecule has 0 aromatic heterocycles. The molecule has 0 atom stereocenters. The third-order valence-electron chi connectivity index (χ3n) is 3.40. The van der Waals surface area contributed by atoms with Crippen LogP contribution in [0.15, 0.2) is 47.4 Å². The quantitative estimate of drug-likeness (QED) is 0.670. The second-order valence-corrected chi connectivity index (χ2v) is 6.86. The maximum Gasteiger partial charge on any atom is 0.293 e. The number of halogens is 3. The fourth-order valence-corrected chi connectivity index (χ4v) is 3.49. The topological polar surface area (TPSA) is 37.4 Å². The molecule has 0 unspecified atom stereocenters. The van der Waals surface area contributed by atoms with E-state index in [0.717, 1.165) is 16.7 Å². The Bertz CT molecular complexity index is 849. The zero-order chi connectivity index (χ0) is 17.3. The van der Waals surface area contributed by atoms with E-state index < -0.39 is 17.0 Å². The number of benzene rings is 2. The Morgan fingerprint density at radius 2 is 1.88 bits per heavy atom. The number of carbonyl (C=O) groups excluding carboxylic acids is 2. The van der Waals surface area contributed by atoms with Crippen molar-refractivity contribution in [2.24, 2.45) is 0 Å². The van der Waals surface area contributed by atoms with Crippen molar-refractivity contribution in [1.29, 1.82) is 0 Å². The number of carbonyl (C=O) groups is 2. The van der Waals surface area contributed by atoms with Crippen LogP contribution >= 0.6 is 35.0 Å². The molecule has 3 rings (SSSR count). The van der Waals surface area contributed by atoms with Crippen LogP contribution in [0.1, 0.15) is 11.1 Å². The summed E-state index contributed by atoms with van der Waals surface area (Å²) in [6, 6.07) is 11.1. The Kier molecular flexibility index (Phi) is 4.94. The van der Waals surface area contributed by atoms with Gasteiger partial charge in [-0.3, -0.25) is 14.5 Å². The monoisotopic (exact) mass is 381 g/mol. The highest BCUT2D eigenvalue weighted by Crippen LogP contribution is 2.34. The van der Waals surface area contributed by atoms with E-state index in [-0.39, 0.29) is 22.0 Å². The number of hydrogen-bond donors (Lipinski definition) is 0. The average molecular weight is 382 g/mol. The van der Waals surface area contributed by atoms with Gasteiger partial charge in [0.25, 0.3) is 11.1 Å². The van der Waals surface area contributed by atoms with Crippen molar-refractivity contribution in [2.75, 3.05) is 0 Å². The summed E-state index contributed by atoms with van der Waals surface area (Å²) in [5.41, 5.74) is 0.822. The molecule has 2 aromatic rings. The summed E-state index contributed by atoms with van der Waals surface area (Å²) in [6.07, 6.45) is 1.58. The molecule has 24 heavy (non-hydrogen) atoms. The summed E-state index contributed by atoms with van der Waals surface area (Å²) in [7, 11) is 0. The molecule has 1 aliphatic rings. The Morgan fingerprint density at radius 1 is 1.12 bits per heavy atom. The smallest absolute Gasteiger partial charge is 0.268 e. The first-order valence-corrected chi connectivity index (χ1v) is 8.47. The van der Waals surface area contributed by atoms with Crippen molar-refractivity contribution in [3.63, 3.8) is 0 Å². The van der Waals surface area contributed by atoms with Crippen LogP contribution in [-0.2, 0) is 11.3 Å². The minimum absolute atomic E-state index is 0.116. The van der Waals surface area contributed by atoms with Gasteiger partial charge in [-0.25, -0.2) is 4.39 Å². The molecule has 2 amide bonds. The average Bonchev–Trinajstić information content (AvgIpc) is 2.78. The molecule has 7 heteroatoms. The van der Waals surface area contributed by atoms with Crippen LogP contribution < -0.4 is 0 Å². The second kappa shape index (κ2) is 6.97. The van der Waals surface area contributed by atoms with E-state index in [2.05, 4.69) is 0 Å². The van der Waals surface area contributed by atoms with E-state index in [1.807, 2.05) is 0 Å². The first-order chi connectivity index (χ1) is 11.5. The minimum Gasteiger partial charge on any atom is -0.268 e. The van der Waals surface area contributed by atoms with Gasteiger partial charge in [-0.2, -0.15) is 0 Å². The lowest BCUT2D eigenvalue weighted by atomic mass is 10.2. The Labute approximate surface area is 152 Å². The number of amides is 2. The summed E-state index contributed by atoms with van der Waals surface area (Å²) < 4.78 is 13.9. The number of nitrogens with zero attached hydrogens (tertiary/aromatic N) is 1. The van der Waals surface area contributed by atoms with Crippen LogP contribution in [-0.4, -0.2) is 16.0 Å². The molecular formula is C17H10Cl2FNO2S. The molecule has 3 nitrogen and oxygen atoms in total. The molecule has 122 valence electrons. The lowest BCUT2D eigenvalue weighted by Gasteiger charge is -2.14. The molecule has 0 bridgehead atoms. The van der Waals surface area contributed by atoms with Gasteiger partial charge in [0.15, 0.2) is 0 Å². The summed E-state index contributed by atoms with van der Waals surface area (Å²) in [4.78, 5) is 25.8. The van der Waals surface area contributed by atoms with Gasteiger partial charge in [-0.15, -0.1) is 0 Å². The molecule has 0 saturated carbocycles. The molecule has 0 N–H and O–H groups in total.